The third-order valence-electron chi connectivity index (χ3n) is 5.53. The quantitative estimate of drug-likeness (QED) is 0.759. The lowest BCUT2D eigenvalue weighted by atomic mass is 9.85. The van der Waals surface area contributed by atoms with Crippen LogP contribution in [0.5, 0.6) is 0 Å². The number of carbonyl (C=O) groups excluding carboxylic acids is 2. The number of nitrogens with one attached hydrogen (secondary N) is 1. The molecule has 0 bridgehead atoms. The summed E-state index contributed by atoms with van der Waals surface area (Å²) in [6.45, 7) is 9.18. The molecule has 0 saturated heterocycles. The number of hydrogen-bond donors (Lipinski definition) is 2. The monoisotopic (exact) mass is 430 g/mol. The molecular formula is C20H23ClN6O3. The minimum Gasteiger partial charge on any atom is -0.496 e. The molecule has 4 heterocycles. The van der Waals surface area contributed by atoms with Crippen LogP contribution in [0.1, 0.15) is 37.0 Å². The second-order valence-electron chi connectivity index (χ2n) is 8.02. The molecule has 3 aliphatic heterocycles. The zero-order chi connectivity index (χ0) is 21.8. The number of nitrogens with two attached hydrogens (primary N) is 1. The van der Waals surface area contributed by atoms with Crippen molar-refractivity contribution in [2.24, 2.45) is 16.1 Å². The number of guanidine groups is 1. The third kappa shape index (κ3) is 3.00. The minimum atomic E-state index is -0.601. The predicted molar refractivity (Wildman–Crippen MR) is 111 cm³/mol. The molecule has 2 amide bonds. The van der Waals surface area contributed by atoms with Crippen molar-refractivity contribution in [3.63, 3.8) is 0 Å². The zero-order valence-electron chi connectivity index (χ0n) is 17.2. The third-order valence-corrected chi connectivity index (χ3v) is 5.98. The van der Waals surface area contributed by atoms with Crippen LogP contribution in [0.2, 0.25) is 5.02 Å². The second-order valence-corrected chi connectivity index (χ2v) is 8.40. The first-order valence-corrected chi connectivity index (χ1v) is 9.99. The summed E-state index contributed by atoms with van der Waals surface area (Å²) in [7, 11) is 0. The fraction of sp³-hybridized carbons (Fsp3) is 0.400. The van der Waals surface area contributed by atoms with Crippen LogP contribution in [0.15, 0.2) is 39.9 Å². The normalized spacial score (nSPS) is 19.4. The summed E-state index contributed by atoms with van der Waals surface area (Å²) in [5.74, 6) is -0.651. The van der Waals surface area contributed by atoms with Gasteiger partial charge in [0.25, 0.3) is 11.8 Å². The van der Waals surface area contributed by atoms with Crippen LogP contribution in [-0.2, 0) is 16.1 Å². The molecule has 9 nitrogen and oxygen atoms in total. The van der Waals surface area contributed by atoms with Crippen molar-refractivity contribution in [1.29, 1.82) is 0 Å². The molecule has 1 aromatic heterocycles. The van der Waals surface area contributed by atoms with E-state index in [0.717, 1.165) is 11.3 Å². The molecule has 0 saturated carbocycles. The Hall–Kier alpha value is -3.07. The maximum absolute atomic E-state index is 13.1. The van der Waals surface area contributed by atoms with Crippen molar-refractivity contribution < 1.29 is 14.3 Å². The van der Waals surface area contributed by atoms with Crippen LogP contribution in [0, 0.1) is 12.3 Å². The summed E-state index contributed by atoms with van der Waals surface area (Å²) in [5.41, 5.74) is 8.80. The Labute approximate surface area is 178 Å². The summed E-state index contributed by atoms with van der Waals surface area (Å²) in [5, 5.41) is 7.47. The number of hydrogen-bond acceptors (Lipinski definition) is 6. The standard InChI is InChI=1S/C20H23ClN6O3/c1-5-27-16(14(21)10(2)25-27)18(29)24-19-23-6-11-12(17(22)28)7-30-8-13-15(11)26(19)9-20(13,3)4/h6-7H,5,8-9H2,1-4H3,(H2,22,28)(H,23,24,29). The number of primary amides is 1. The molecule has 0 spiro atoms. The molecule has 0 radical (unpaired) electrons. The average Bonchev–Trinajstić information content (AvgIpc) is 3.02. The maximum atomic E-state index is 13.1. The Balaban J connectivity index is 1.75. The van der Waals surface area contributed by atoms with E-state index < -0.39 is 11.8 Å². The maximum Gasteiger partial charge on any atom is 0.277 e. The van der Waals surface area contributed by atoms with Gasteiger partial charge in [-0.05, 0) is 19.4 Å². The van der Waals surface area contributed by atoms with Crippen LogP contribution in [0.4, 0.5) is 0 Å². The van der Waals surface area contributed by atoms with Gasteiger partial charge < -0.3 is 15.4 Å². The molecule has 3 aliphatic rings. The molecule has 0 atom stereocenters. The first-order chi connectivity index (χ1) is 14.2. The van der Waals surface area contributed by atoms with Crippen LogP contribution in [0.3, 0.4) is 0 Å². The number of carbonyl (C=O) groups is 2. The number of aromatic nitrogens is 2. The Morgan fingerprint density at radius 2 is 2.13 bits per heavy atom. The highest BCUT2D eigenvalue weighted by atomic mass is 35.5. The van der Waals surface area contributed by atoms with Crippen molar-refractivity contribution >= 4 is 29.4 Å². The van der Waals surface area contributed by atoms with Crippen molar-refractivity contribution in [2.45, 2.75) is 34.2 Å². The number of rotatable bonds is 3. The van der Waals surface area contributed by atoms with Crippen LogP contribution < -0.4 is 11.1 Å². The molecule has 10 heteroatoms. The molecular weight excluding hydrogens is 408 g/mol. The summed E-state index contributed by atoms with van der Waals surface area (Å²) >= 11 is 6.32. The van der Waals surface area contributed by atoms with Gasteiger partial charge in [0.15, 0.2) is 0 Å². The second kappa shape index (κ2) is 7.02. The Morgan fingerprint density at radius 1 is 1.40 bits per heavy atom. The number of allylic oxidation sites excluding steroid dienone is 1. The number of aliphatic imine (C=N–C) groups is 1. The number of aryl methyl sites for hydroxylation is 2. The molecule has 0 fully saturated rings. The van der Waals surface area contributed by atoms with Gasteiger partial charge in [-0.3, -0.25) is 19.6 Å². The van der Waals surface area contributed by atoms with Crippen molar-refractivity contribution in [2.75, 3.05) is 13.2 Å². The largest absolute Gasteiger partial charge is 0.496 e. The van der Waals surface area contributed by atoms with E-state index in [4.69, 9.17) is 22.1 Å². The molecule has 0 aromatic carbocycles. The fourth-order valence-corrected chi connectivity index (χ4v) is 4.21. The number of nitrogens with zero attached hydrogens (tertiary/aromatic N) is 4. The summed E-state index contributed by atoms with van der Waals surface area (Å²) in [6.07, 6.45) is 2.92. The molecule has 0 aliphatic carbocycles. The molecule has 30 heavy (non-hydrogen) atoms. The van der Waals surface area contributed by atoms with Crippen molar-refractivity contribution in [3.05, 3.63) is 51.3 Å². The van der Waals surface area contributed by atoms with Gasteiger partial charge in [0.2, 0.25) is 5.96 Å². The van der Waals surface area contributed by atoms with Crippen LogP contribution in [-0.4, -0.2) is 45.6 Å². The Kier molecular flexibility index (Phi) is 4.73. The molecule has 4 rings (SSSR count). The van der Waals surface area contributed by atoms with Crippen molar-refractivity contribution in [1.82, 2.24) is 20.0 Å². The summed E-state index contributed by atoms with van der Waals surface area (Å²) < 4.78 is 7.16. The first-order valence-electron chi connectivity index (χ1n) is 9.61. The van der Waals surface area contributed by atoms with E-state index in [1.54, 1.807) is 11.6 Å². The lowest BCUT2D eigenvalue weighted by Gasteiger charge is -2.29. The van der Waals surface area contributed by atoms with Gasteiger partial charge in [0, 0.05) is 30.3 Å². The molecule has 3 N–H and O–H groups in total. The van der Waals surface area contributed by atoms with Gasteiger partial charge in [0.05, 0.1) is 28.2 Å². The number of halogens is 1. The van der Waals surface area contributed by atoms with E-state index in [9.17, 15) is 9.59 Å². The number of ether oxygens (including phenoxy) is 1. The predicted octanol–water partition coefficient (Wildman–Crippen LogP) is 1.84. The first kappa shape index (κ1) is 20.2. The fourth-order valence-electron chi connectivity index (χ4n) is 3.99. The summed E-state index contributed by atoms with van der Waals surface area (Å²) in [6, 6.07) is 0. The topological polar surface area (TPSA) is 115 Å². The lowest BCUT2D eigenvalue weighted by Crippen LogP contribution is -2.46. The highest BCUT2D eigenvalue weighted by Crippen LogP contribution is 2.45. The molecule has 158 valence electrons. The summed E-state index contributed by atoms with van der Waals surface area (Å²) in [4.78, 5) is 31.3. The van der Waals surface area contributed by atoms with Gasteiger partial charge in [-0.25, -0.2) is 4.99 Å². The van der Waals surface area contributed by atoms with E-state index in [-0.39, 0.29) is 16.7 Å². The SMILES string of the molecule is CCn1nc(C)c(Cl)c1C(=O)NC1=NC=C2C(C(N)=O)=COCC3=C2N1CC3(C)C. The minimum absolute atomic E-state index is 0.250. The van der Waals surface area contributed by atoms with Gasteiger partial charge >= 0.3 is 0 Å². The average molecular weight is 431 g/mol. The van der Waals surface area contributed by atoms with Crippen molar-refractivity contribution in [3.8, 4) is 0 Å². The smallest absolute Gasteiger partial charge is 0.277 e. The van der Waals surface area contributed by atoms with E-state index >= 15 is 0 Å². The van der Waals surface area contributed by atoms with E-state index in [2.05, 4.69) is 29.3 Å². The van der Waals surface area contributed by atoms with Gasteiger partial charge in [-0.2, -0.15) is 5.10 Å². The van der Waals surface area contributed by atoms with Crippen LogP contribution in [0.25, 0.3) is 0 Å². The van der Waals surface area contributed by atoms with Gasteiger partial charge in [-0.15, -0.1) is 0 Å². The van der Waals surface area contributed by atoms with Crippen LogP contribution >= 0.6 is 11.6 Å². The van der Waals surface area contributed by atoms with Gasteiger partial charge in [0.1, 0.15) is 12.3 Å². The van der Waals surface area contributed by atoms with Gasteiger partial charge in [-0.1, -0.05) is 25.4 Å². The molecule has 1 aromatic rings. The Morgan fingerprint density at radius 3 is 2.80 bits per heavy atom. The van der Waals surface area contributed by atoms with E-state index in [1.807, 2.05) is 11.8 Å². The molecule has 0 unspecified atom stereocenters. The van der Waals surface area contributed by atoms with E-state index in [1.165, 1.54) is 12.5 Å². The zero-order valence-corrected chi connectivity index (χ0v) is 18.0. The lowest BCUT2D eigenvalue weighted by molar-refractivity contribution is -0.114. The van der Waals surface area contributed by atoms with E-state index in [0.29, 0.717) is 41.9 Å². The Bertz CT molecular complexity index is 1090. The highest BCUT2D eigenvalue weighted by Gasteiger charge is 2.44. The number of amides is 2. The highest BCUT2D eigenvalue weighted by molar-refractivity contribution is 6.34.